The number of hydrogen-bond acceptors (Lipinski definition) is 4. The van der Waals surface area contributed by atoms with Gasteiger partial charge in [0.2, 0.25) is 5.91 Å². The maximum Gasteiger partial charge on any atom is 0.228 e. The molecule has 1 aliphatic heterocycles. The van der Waals surface area contributed by atoms with Gasteiger partial charge >= 0.3 is 0 Å². The molecule has 0 N–H and O–H groups in total. The Labute approximate surface area is 104 Å². The van der Waals surface area contributed by atoms with Crippen molar-refractivity contribution in [2.45, 2.75) is 25.5 Å². The molecule has 2 rings (SSSR count). The van der Waals surface area contributed by atoms with Crippen molar-refractivity contribution >= 4 is 28.5 Å². The zero-order valence-electron chi connectivity index (χ0n) is 9.84. The van der Waals surface area contributed by atoms with Crippen LogP contribution in [0.2, 0.25) is 0 Å². The monoisotopic (exact) mass is 250 g/mol. The predicted octanol–water partition coefficient (Wildman–Crippen LogP) is 1.78. The van der Waals surface area contributed by atoms with Crippen LogP contribution in [0.15, 0.2) is 18.5 Å². The summed E-state index contributed by atoms with van der Waals surface area (Å²) in [5.41, 5.74) is 1.85. The van der Waals surface area contributed by atoms with E-state index < -0.39 is 0 Å². The van der Waals surface area contributed by atoms with Crippen LogP contribution >= 0.6 is 11.8 Å². The van der Waals surface area contributed by atoms with Crippen molar-refractivity contribution in [1.82, 2.24) is 4.98 Å². The summed E-state index contributed by atoms with van der Waals surface area (Å²) in [6.07, 6.45) is 3.87. The van der Waals surface area contributed by atoms with Crippen molar-refractivity contribution in [2.75, 3.05) is 11.4 Å². The van der Waals surface area contributed by atoms with Crippen molar-refractivity contribution < 1.29 is 9.59 Å². The molecule has 0 saturated carbocycles. The van der Waals surface area contributed by atoms with Crippen LogP contribution in [0.5, 0.6) is 0 Å². The number of carbonyl (C=O) groups excluding carboxylic acids is 2. The molecule has 2 heterocycles. The lowest BCUT2D eigenvalue weighted by atomic mass is 10.3. The predicted molar refractivity (Wildman–Crippen MR) is 68.0 cm³/mol. The topological polar surface area (TPSA) is 50.3 Å². The summed E-state index contributed by atoms with van der Waals surface area (Å²) >= 11 is 1.25. The molecule has 1 amide bonds. The Hall–Kier alpha value is -1.36. The lowest BCUT2D eigenvalue weighted by molar-refractivity contribution is -0.117. The molecule has 1 fully saturated rings. The second kappa shape index (κ2) is 4.87. The van der Waals surface area contributed by atoms with Crippen LogP contribution in [-0.4, -0.2) is 27.8 Å². The van der Waals surface area contributed by atoms with Gasteiger partial charge in [0.05, 0.1) is 11.9 Å². The molecule has 0 aromatic carbocycles. The molecule has 0 aliphatic carbocycles. The Bertz CT molecular complexity index is 462. The number of amides is 1. The molecule has 5 heteroatoms. The van der Waals surface area contributed by atoms with Gasteiger partial charge in [0.25, 0.3) is 0 Å². The molecule has 0 bridgehead atoms. The second-order valence-electron chi connectivity index (χ2n) is 4.16. The Morgan fingerprint density at radius 1 is 1.53 bits per heavy atom. The Morgan fingerprint density at radius 3 is 2.94 bits per heavy atom. The van der Waals surface area contributed by atoms with E-state index in [9.17, 15) is 9.59 Å². The quantitative estimate of drug-likeness (QED) is 0.802. The zero-order valence-corrected chi connectivity index (χ0v) is 10.7. The maximum absolute atomic E-state index is 11.9. The van der Waals surface area contributed by atoms with Gasteiger partial charge in [0.1, 0.15) is 0 Å². The summed E-state index contributed by atoms with van der Waals surface area (Å²) in [6, 6.07) is 1.94. The van der Waals surface area contributed by atoms with E-state index in [-0.39, 0.29) is 16.3 Å². The molecule has 1 atom stereocenters. The van der Waals surface area contributed by atoms with E-state index >= 15 is 0 Å². The van der Waals surface area contributed by atoms with E-state index in [2.05, 4.69) is 4.98 Å². The lowest BCUT2D eigenvalue weighted by Crippen LogP contribution is -2.25. The van der Waals surface area contributed by atoms with Crippen LogP contribution < -0.4 is 4.90 Å². The molecule has 1 aliphatic rings. The average Bonchev–Trinajstić information content (AvgIpc) is 2.58. The minimum absolute atomic E-state index is 0.0621. The van der Waals surface area contributed by atoms with E-state index in [1.54, 1.807) is 17.3 Å². The highest BCUT2D eigenvalue weighted by Crippen LogP contribution is 2.28. The van der Waals surface area contributed by atoms with E-state index in [4.69, 9.17) is 0 Å². The minimum atomic E-state index is 0.0621. The Morgan fingerprint density at radius 2 is 2.29 bits per heavy atom. The molecule has 1 aromatic heterocycles. The van der Waals surface area contributed by atoms with Gasteiger partial charge < -0.3 is 4.90 Å². The Kier molecular flexibility index (Phi) is 3.47. The van der Waals surface area contributed by atoms with Gasteiger partial charge in [-0.25, -0.2) is 0 Å². The standard InChI is InChI=1S/C12H14N2O2S/c1-8-3-10(6-13-5-8)14-7-11(4-12(14)16)17-9(2)15/h3,5-6,11H,4,7H2,1-2H3. The van der Waals surface area contributed by atoms with Crippen LogP contribution in [0.4, 0.5) is 5.69 Å². The number of aryl methyl sites for hydroxylation is 1. The highest BCUT2D eigenvalue weighted by Gasteiger charge is 2.31. The number of rotatable bonds is 2. The number of anilines is 1. The van der Waals surface area contributed by atoms with Crippen LogP contribution in [0.3, 0.4) is 0 Å². The average molecular weight is 250 g/mol. The van der Waals surface area contributed by atoms with Crippen molar-refractivity contribution in [3.8, 4) is 0 Å². The van der Waals surface area contributed by atoms with Crippen LogP contribution in [0, 0.1) is 6.92 Å². The van der Waals surface area contributed by atoms with Crippen molar-refractivity contribution in [2.24, 2.45) is 0 Å². The van der Waals surface area contributed by atoms with Crippen molar-refractivity contribution in [3.63, 3.8) is 0 Å². The number of carbonyl (C=O) groups is 2. The van der Waals surface area contributed by atoms with E-state index in [1.165, 1.54) is 18.7 Å². The fourth-order valence-corrected chi connectivity index (χ4v) is 2.84. The number of thioether (sulfide) groups is 1. The number of aromatic nitrogens is 1. The summed E-state index contributed by atoms with van der Waals surface area (Å²) in [5.74, 6) is 0.0659. The summed E-state index contributed by atoms with van der Waals surface area (Å²) in [5, 5.41) is 0.132. The van der Waals surface area contributed by atoms with E-state index in [0.717, 1.165) is 11.3 Å². The largest absolute Gasteiger partial charge is 0.310 e. The maximum atomic E-state index is 11.9. The number of nitrogens with zero attached hydrogens (tertiary/aromatic N) is 2. The molecule has 0 radical (unpaired) electrons. The van der Waals surface area contributed by atoms with Gasteiger partial charge in [0.15, 0.2) is 5.12 Å². The van der Waals surface area contributed by atoms with Gasteiger partial charge in [-0.1, -0.05) is 11.8 Å². The third-order valence-electron chi connectivity index (χ3n) is 2.59. The minimum Gasteiger partial charge on any atom is -0.310 e. The summed E-state index contributed by atoms with van der Waals surface area (Å²) in [7, 11) is 0. The second-order valence-corrected chi connectivity index (χ2v) is 5.64. The van der Waals surface area contributed by atoms with Gasteiger partial charge in [-0.05, 0) is 18.6 Å². The van der Waals surface area contributed by atoms with E-state index in [1.807, 2.05) is 13.0 Å². The van der Waals surface area contributed by atoms with E-state index in [0.29, 0.717) is 13.0 Å². The molecule has 1 unspecified atom stereocenters. The molecule has 17 heavy (non-hydrogen) atoms. The number of hydrogen-bond donors (Lipinski definition) is 0. The normalized spacial score (nSPS) is 19.8. The molecular weight excluding hydrogens is 236 g/mol. The first-order valence-electron chi connectivity index (χ1n) is 5.45. The highest BCUT2D eigenvalue weighted by molar-refractivity contribution is 8.14. The summed E-state index contributed by atoms with van der Waals surface area (Å²) in [4.78, 5) is 28.7. The molecule has 1 aromatic rings. The van der Waals surface area contributed by atoms with Crippen molar-refractivity contribution in [1.29, 1.82) is 0 Å². The summed E-state index contributed by atoms with van der Waals surface area (Å²) < 4.78 is 0. The van der Waals surface area contributed by atoms with Crippen LogP contribution in [0.25, 0.3) is 0 Å². The zero-order chi connectivity index (χ0) is 12.4. The van der Waals surface area contributed by atoms with Crippen molar-refractivity contribution in [3.05, 3.63) is 24.0 Å². The fourth-order valence-electron chi connectivity index (χ4n) is 1.92. The van der Waals surface area contributed by atoms with Gasteiger partial charge in [0, 0.05) is 31.3 Å². The molecule has 4 nitrogen and oxygen atoms in total. The molecule has 1 saturated heterocycles. The Balaban J connectivity index is 2.13. The van der Waals surface area contributed by atoms with Crippen LogP contribution in [0.1, 0.15) is 18.9 Å². The van der Waals surface area contributed by atoms with Gasteiger partial charge in [-0.2, -0.15) is 0 Å². The molecular formula is C12H14N2O2S. The third-order valence-corrected chi connectivity index (χ3v) is 3.58. The van der Waals surface area contributed by atoms with Gasteiger partial charge in [-0.15, -0.1) is 0 Å². The fraction of sp³-hybridized carbons (Fsp3) is 0.417. The third kappa shape index (κ3) is 2.85. The number of pyridine rings is 1. The molecule has 0 spiro atoms. The van der Waals surface area contributed by atoms with Gasteiger partial charge in [-0.3, -0.25) is 14.6 Å². The highest BCUT2D eigenvalue weighted by atomic mass is 32.2. The lowest BCUT2D eigenvalue weighted by Gasteiger charge is -2.16. The summed E-state index contributed by atoms with van der Waals surface area (Å²) in [6.45, 7) is 4.07. The molecule has 90 valence electrons. The first-order chi connectivity index (χ1) is 8.06. The van der Waals surface area contributed by atoms with Crippen LogP contribution in [-0.2, 0) is 9.59 Å². The first-order valence-corrected chi connectivity index (χ1v) is 6.33. The smallest absolute Gasteiger partial charge is 0.228 e. The SMILES string of the molecule is CC(=O)SC1CC(=O)N(c2cncc(C)c2)C1. The first kappa shape index (κ1) is 12.1.